The summed E-state index contributed by atoms with van der Waals surface area (Å²) in [6, 6.07) is 0. The highest BCUT2D eigenvalue weighted by atomic mass is 19.1. The van der Waals surface area contributed by atoms with E-state index in [9.17, 15) is 9.50 Å². The zero-order valence-corrected chi connectivity index (χ0v) is 9.98. The number of aliphatic hydroxyl groups is 2. The second-order valence-electron chi connectivity index (χ2n) is 4.57. The van der Waals surface area contributed by atoms with E-state index in [-0.39, 0.29) is 31.4 Å². The van der Waals surface area contributed by atoms with Gasteiger partial charge in [0.25, 0.3) is 0 Å². The maximum absolute atomic E-state index is 14.5. The summed E-state index contributed by atoms with van der Waals surface area (Å²) >= 11 is 0. The summed E-state index contributed by atoms with van der Waals surface area (Å²) in [6.45, 7) is -0.200. The van der Waals surface area contributed by atoms with Crippen LogP contribution in [0.15, 0.2) is 15.0 Å². The summed E-state index contributed by atoms with van der Waals surface area (Å²) in [6.07, 6.45) is -0.725. The van der Waals surface area contributed by atoms with E-state index in [1.54, 1.807) is 0 Å². The number of rotatable bonds is 2. The molecule has 0 saturated carbocycles. The van der Waals surface area contributed by atoms with Gasteiger partial charge in [0.15, 0.2) is 17.9 Å². The predicted octanol–water partition coefficient (Wildman–Crippen LogP) is -1.81. The molecule has 9 heteroatoms. The van der Waals surface area contributed by atoms with E-state index in [2.05, 4.69) is 15.0 Å². The van der Waals surface area contributed by atoms with Gasteiger partial charge in [0.05, 0.1) is 19.0 Å². The summed E-state index contributed by atoms with van der Waals surface area (Å²) in [5, 5.41) is 19.0. The molecule has 3 rings (SSSR count). The molecule has 0 bridgehead atoms. The molecule has 0 aromatic rings. The smallest absolute Gasteiger partial charge is 0.316 e. The molecule has 0 aliphatic carbocycles. The van der Waals surface area contributed by atoms with Crippen LogP contribution in [0.5, 0.6) is 0 Å². The molecular weight excluding hydrogens is 257 g/mol. The minimum absolute atomic E-state index is 0.0128. The number of hydrogen-bond donors (Lipinski definition) is 3. The monoisotopic (exact) mass is 271 g/mol. The maximum Gasteiger partial charge on any atom is 0.316 e. The van der Waals surface area contributed by atoms with Crippen LogP contribution in [0, 0.1) is 0 Å². The van der Waals surface area contributed by atoms with Crippen molar-refractivity contribution < 1.29 is 19.3 Å². The van der Waals surface area contributed by atoms with Crippen molar-refractivity contribution in [3.63, 3.8) is 0 Å². The Hall–Kier alpha value is -1.58. The first-order chi connectivity index (χ1) is 9.06. The predicted molar refractivity (Wildman–Crippen MR) is 64.5 cm³/mol. The van der Waals surface area contributed by atoms with Crippen molar-refractivity contribution in [1.82, 2.24) is 4.90 Å². The Morgan fingerprint density at radius 1 is 1.58 bits per heavy atom. The molecule has 0 amide bonds. The lowest BCUT2D eigenvalue weighted by atomic mass is 10.1. The van der Waals surface area contributed by atoms with E-state index < -0.39 is 24.2 Å². The van der Waals surface area contributed by atoms with Crippen molar-refractivity contribution in [2.24, 2.45) is 20.7 Å². The Kier molecular flexibility index (Phi) is 2.77. The number of aliphatic imine (C=N–C) groups is 3. The van der Waals surface area contributed by atoms with Crippen LogP contribution in [-0.2, 0) is 4.74 Å². The standard InChI is InChI=1S/C10H14FN5O3/c11-10-8(12)13-3-14-9(10)16(4-15-10)7-6(18)1-5(2-17)19-7/h4-7,17-18H,1-3H2,(H2,12,13)/t5-,6+,7+,10?/m0/s1. The third-order valence-electron chi connectivity index (χ3n) is 3.35. The highest BCUT2D eigenvalue weighted by molar-refractivity contribution is 6.19. The van der Waals surface area contributed by atoms with Gasteiger partial charge in [-0.15, -0.1) is 0 Å². The molecule has 4 N–H and O–H groups in total. The number of amidine groups is 2. The summed E-state index contributed by atoms with van der Waals surface area (Å²) in [5.41, 5.74) is 5.51. The molecule has 0 aromatic heterocycles. The van der Waals surface area contributed by atoms with Gasteiger partial charge in [0.1, 0.15) is 12.8 Å². The SMILES string of the molecule is NC1=NCN=C2N([C@@H]3O[C@H](CO)C[C@H]3O)C=NC12F. The van der Waals surface area contributed by atoms with Gasteiger partial charge in [-0.05, 0) is 0 Å². The van der Waals surface area contributed by atoms with E-state index in [0.717, 1.165) is 0 Å². The zero-order chi connectivity index (χ0) is 13.6. The van der Waals surface area contributed by atoms with Gasteiger partial charge < -0.3 is 20.7 Å². The van der Waals surface area contributed by atoms with E-state index in [4.69, 9.17) is 15.6 Å². The summed E-state index contributed by atoms with van der Waals surface area (Å²) in [4.78, 5) is 12.6. The lowest BCUT2D eigenvalue weighted by molar-refractivity contribution is -0.0494. The number of nitrogens with zero attached hydrogens (tertiary/aromatic N) is 4. The van der Waals surface area contributed by atoms with Crippen LogP contribution in [0.25, 0.3) is 0 Å². The number of fused-ring (bicyclic) bond motifs is 1. The number of hydrogen-bond acceptors (Lipinski definition) is 8. The van der Waals surface area contributed by atoms with Crippen LogP contribution < -0.4 is 5.73 Å². The molecular formula is C10H14FN5O3. The topological polar surface area (TPSA) is 116 Å². The summed E-state index contributed by atoms with van der Waals surface area (Å²) in [7, 11) is 0. The van der Waals surface area contributed by atoms with Gasteiger partial charge in [0, 0.05) is 6.42 Å². The number of nitrogens with two attached hydrogens (primary N) is 1. The average molecular weight is 271 g/mol. The van der Waals surface area contributed by atoms with Crippen LogP contribution in [0.2, 0.25) is 0 Å². The first-order valence-corrected chi connectivity index (χ1v) is 5.88. The second-order valence-corrected chi connectivity index (χ2v) is 4.57. The lowest BCUT2D eigenvalue weighted by Gasteiger charge is -2.29. The van der Waals surface area contributed by atoms with Crippen molar-refractivity contribution in [1.29, 1.82) is 0 Å². The number of aliphatic hydroxyl groups excluding tert-OH is 2. The fraction of sp³-hybridized carbons (Fsp3) is 0.700. The van der Waals surface area contributed by atoms with Crippen molar-refractivity contribution in [3.8, 4) is 0 Å². The molecule has 4 atom stereocenters. The number of ether oxygens (including phenoxy) is 1. The fourth-order valence-corrected chi connectivity index (χ4v) is 2.36. The fourth-order valence-electron chi connectivity index (χ4n) is 2.36. The van der Waals surface area contributed by atoms with Gasteiger partial charge >= 0.3 is 5.79 Å². The minimum atomic E-state index is -2.28. The number of alkyl halides is 1. The Balaban J connectivity index is 1.85. The van der Waals surface area contributed by atoms with Crippen LogP contribution >= 0.6 is 0 Å². The summed E-state index contributed by atoms with van der Waals surface area (Å²) in [5.74, 6) is -2.58. The molecule has 1 saturated heterocycles. The van der Waals surface area contributed by atoms with Crippen LogP contribution in [-0.4, -0.2) is 70.6 Å². The summed E-state index contributed by atoms with van der Waals surface area (Å²) < 4.78 is 20.0. The molecule has 0 radical (unpaired) electrons. The molecule has 104 valence electrons. The molecule has 0 spiro atoms. The third kappa shape index (κ3) is 1.73. The van der Waals surface area contributed by atoms with Gasteiger partial charge in [-0.2, -0.15) is 4.39 Å². The Labute approximate surface area is 108 Å². The van der Waals surface area contributed by atoms with Crippen LogP contribution in [0.3, 0.4) is 0 Å². The quantitative estimate of drug-likeness (QED) is 0.512. The van der Waals surface area contributed by atoms with Crippen molar-refractivity contribution in [3.05, 3.63) is 0 Å². The second kappa shape index (κ2) is 4.22. The maximum atomic E-state index is 14.5. The zero-order valence-electron chi connectivity index (χ0n) is 9.98. The van der Waals surface area contributed by atoms with Crippen molar-refractivity contribution in [2.45, 2.75) is 30.6 Å². The third-order valence-corrected chi connectivity index (χ3v) is 3.35. The molecule has 3 aliphatic heterocycles. The Morgan fingerprint density at radius 2 is 2.37 bits per heavy atom. The minimum Gasteiger partial charge on any atom is -0.394 e. The van der Waals surface area contributed by atoms with Crippen LogP contribution in [0.4, 0.5) is 4.39 Å². The normalized spacial score (nSPS) is 41.2. The van der Waals surface area contributed by atoms with Gasteiger partial charge in [-0.3, -0.25) is 4.90 Å². The molecule has 3 aliphatic rings. The van der Waals surface area contributed by atoms with Crippen molar-refractivity contribution in [2.75, 3.05) is 13.3 Å². The molecule has 1 fully saturated rings. The Bertz CT molecular complexity index is 482. The van der Waals surface area contributed by atoms with E-state index in [0.29, 0.717) is 0 Å². The van der Waals surface area contributed by atoms with Crippen LogP contribution in [0.1, 0.15) is 6.42 Å². The largest absolute Gasteiger partial charge is 0.394 e. The lowest BCUT2D eigenvalue weighted by Crippen LogP contribution is -2.53. The molecule has 1 unspecified atom stereocenters. The first kappa shape index (κ1) is 12.5. The van der Waals surface area contributed by atoms with Crippen molar-refractivity contribution >= 4 is 18.0 Å². The average Bonchev–Trinajstić information content (AvgIpc) is 2.92. The highest BCUT2D eigenvalue weighted by Gasteiger charge is 2.52. The molecule has 19 heavy (non-hydrogen) atoms. The Morgan fingerprint density at radius 3 is 3.05 bits per heavy atom. The van der Waals surface area contributed by atoms with Gasteiger partial charge in [-0.25, -0.2) is 15.0 Å². The van der Waals surface area contributed by atoms with E-state index in [1.807, 2.05) is 0 Å². The molecule has 3 heterocycles. The number of halogens is 1. The molecule has 8 nitrogen and oxygen atoms in total. The molecule has 0 aromatic carbocycles. The van der Waals surface area contributed by atoms with E-state index in [1.165, 1.54) is 11.2 Å². The van der Waals surface area contributed by atoms with E-state index >= 15 is 0 Å². The first-order valence-electron chi connectivity index (χ1n) is 5.88. The highest BCUT2D eigenvalue weighted by Crippen LogP contribution is 2.31. The van der Waals surface area contributed by atoms with Gasteiger partial charge in [0.2, 0.25) is 0 Å². The van der Waals surface area contributed by atoms with Gasteiger partial charge in [-0.1, -0.05) is 0 Å².